The fourth-order valence-electron chi connectivity index (χ4n) is 3.64. The number of anilines is 1. The van der Waals surface area contributed by atoms with Crippen molar-refractivity contribution in [1.82, 2.24) is 15.2 Å². The van der Waals surface area contributed by atoms with Crippen molar-refractivity contribution in [1.29, 1.82) is 0 Å². The minimum absolute atomic E-state index is 0.00689. The number of carbonyl (C=O) groups is 1. The number of pyridine rings is 1. The molecule has 0 saturated carbocycles. The van der Waals surface area contributed by atoms with Gasteiger partial charge in [-0.15, -0.1) is 11.3 Å². The maximum absolute atomic E-state index is 13.7. The molecule has 1 aromatic carbocycles. The minimum Gasteiger partial charge on any atom is -0.355 e. The molecule has 158 valence electrons. The van der Waals surface area contributed by atoms with E-state index in [-0.39, 0.29) is 21.6 Å². The van der Waals surface area contributed by atoms with Crippen LogP contribution in [0.4, 0.5) is 19.0 Å². The molecule has 1 amide bonds. The Bertz CT molecular complexity index is 1040. The molecule has 3 aromatic rings. The number of thiophene rings is 1. The number of aromatic nitrogens is 1. The number of halogens is 3. The van der Waals surface area contributed by atoms with E-state index in [0.29, 0.717) is 13.1 Å². The Labute approximate surface area is 176 Å². The van der Waals surface area contributed by atoms with Gasteiger partial charge < -0.3 is 10.2 Å². The van der Waals surface area contributed by atoms with Crippen LogP contribution in [0.3, 0.4) is 0 Å². The maximum Gasteiger partial charge on any atom is 0.417 e. The summed E-state index contributed by atoms with van der Waals surface area (Å²) in [5, 5.41) is 3.91. The van der Waals surface area contributed by atoms with Gasteiger partial charge in [0.2, 0.25) is 0 Å². The van der Waals surface area contributed by atoms with E-state index in [4.69, 9.17) is 0 Å². The molecule has 1 aliphatic rings. The molecule has 9 heteroatoms. The van der Waals surface area contributed by atoms with Gasteiger partial charge in [0.25, 0.3) is 5.91 Å². The number of hydrogen-bond acceptors (Lipinski definition) is 5. The number of piperazine rings is 1. The molecular weight excluding hydrogens is 413 g/mol. The Morgan fingerprint density at radius 1 is 1.17 bits per heavy atom. The predicted octanol–water partition coefficient (Wildman–Crippen LogP) is 4.00. The average molecular weight is 434 g/mol. The highest BCUT2D eigenvalue weighted by Gasteiger charge is 2.36. The molecule has 30 heavy (non-hydrogen) atoms. The van der Waals surface area contributed by atoms with Crippen molar-refractivity contribution < 1.29 is 18.0 Å². The third kappa shape index (κ3) is 4.13. The van der Waals surface area contributed by atoms with E-state index < -0.39 is 17.6 Å². The van der Waals surface area contributed by atoms with Crippen LogP contribution < -0.4 is 10.2 Å². The van der Waals surface area contributed by atoms with Crippen molar-refractivity contribution >= 4 is 33.3 Å². The van der Waals surface area contributed by atoms with Gasteiger partial charge in [-0.1, -0.05) is 30.3 Å². The molecule has 1 saturated heterocycles. The summed E-state index contributed by atoms with van der Waals surface area (Å²) in [5.41, 5.74) is 0.746. The van der Waals surface area contributed by atoms with Gasteiger partial charge in [-0.05, 0) is 11.6 Å². The maximum atomic E-state index is 13.7. The molecular formula is C21H21F3N4OS. The Kier molecular flexibility index (Phi) is 5.66. The van der Waals surface area contributed by atoms with Crippen molar-refractivity contribution in [2.24, 2.45) is 0 Å². The Morgan fingerprint density at radius 3 is 2.50 bits per heavy atom. The lowest BCUT2D eigenvalue weighted by atomic mass is 10.1. The molecule has 0 atom stereocenters. The van der Waals surface area contributed by atoms with Gasteiger partial charge in [-0.3, -0.25) is 9.69 Å². The number of alkyl halides is 3. The van der Waals surface area contributed by atoms with Crippen LogP contribution in [0.1, 0.15) is 21.5 Å². The highest BCUT2D eigenvalue weighted by molar-refractivity contribution is 7.17. The molecule has 0 aliphatic carbocycles. The number of rotatable bonds is 4. The summed E-state index contributed by atoms with van der Waals surface area (Å²) in [6.45, 7) is 3.40. The monoisotopic (exact) mass is 434 g/mol. The van der Waals surface area contributed by atoms with Gasteiger partial charge in [0, 0.05) is 45.2 Å². The zero-order valence-electron chi connectivity index (χ0n) is 16.4. The number of nitrogens with zero attached hydrogens (tertiary/aromatic N) is 3. The number of nitrogens with one attached hydrogen (secondary N) is 1. The Hall–Kier alpha value is -2.65. The lowest BCUT2D eigenvalue weighted by Gasteiger charge is -2.35. The normalized spacial score (nSPS) is 15.5. The van der Waals surface area contributed by atoms with Crippen LogP contribution in [0.15, 0.2) is 41.8 Å². The Morgan fingerprint density at radius 2 is 1.87 bits per heavy atom. The smallest absolute Gasteiger partial charge is 0.355 e. The highest BCUT2D eigenvalue weighted by atomic mass is 32.1. The van der Waals surface area contributed by atoms with Crippen LogP contribution in [0.25, 0.3) is 10.2 Å². The van der Waals surface area contributed by atoms with Crippen LogP contribution in [0.5, 0.6) is 0 Å². The number of hydrogen-bond donors (Lipinski definition) is 1. The number of fused-ring (bicyclic) bond motifs is 1. The van der Waals surface area contributed by atoms with E-state index in [2.05, 4.69) is 27.3 Å². The first-order valence-corrected chi connectivity index (χ1v) is 10.5. The van der Waals surface area contributed by atoms with Crippen LogP contribution in [-0.2, 0) is 12.7 Å². The number of benzene rings is 1. The topological polar surface area (TPSA) is 48.5 Å². The first-order chi connectivity index (χ1) is 14.4. The second kappa shape index (κ2) is 8.23. The fraction of sp³-hybridized carbons (Fsp3) is 0.333. The zero-order valence-corrected chi connectivity index (χ0v) is 17.2. The number of carbonyl (C=O) groups excluding carboxylic acids is 1. The van der Waals surface area contributed by atoms with Gasteiger partial charge in [0.15, 0.2) is 0 Å². The summed E-state index contributed by atoms with van der Waals surface area (Å²) < 4.78 is 41.1. The summed E-state index contributed by atoms with van der Waals surface area (Å²) in [5.74, 6) is -0.176. The largest absolute Gasteiger partial charge is 0.417 e. The first-order valence-electron chi connectivity index (χ1n) is 9.59. The molecule has 5 nitrogen and oxygen atoms in total. The summed E-state index contributed by atoms with van der Waals surface area (Å²) in [4.78, 5) is 20.7. The minimum atomic E-state index is -4.52. The van der Waals surface area contributed by atoms with E-state index in [1.807, 2.05) is 23.1 Å². The van der Waals surface area contributed by atoms with Crippen LogP contribution in [0.2, 0.25) is 0 Å². The molecule has 0 bridgehead atoms. The fourth-order valence-corrected chi connectivity index (χ4v) is 4.66. The van der Waals surface area contributed by atoms with E-state index in [9.17, 15) is 18.0 Å². The van der Waals surface area contributed by atoms with Crippen molar-refractivity contribution in [3.8, 4) is 0 Å². The third-order valence-corrected chi connectivity index (χ3v) is 6.23. The summed E-state index contributed by atoms with van der Waals surface area (Å²) in [7, 11) is 1.45. The Balaban J connectivity index is 1.60. The molecule has 0 radical (unpaired) electrons. The lowest BCUT2D eigenvalue weighted by molar-refractivity contribution is -0.136. The molecule has 1 N–H and O–H groups in total. The van der Waals surface area contributed by atoms with Crippen LogP contribution in [0, 0.1) is 0 Å². The van der Waals surface area contributed by atoms with Crippen LogP contribution in [-0.4, -0.2) is 49.0 Å². The van der Waals surface area contributed by atoms with Crippen molar-refractivity contribution in [3.05, 3.63) is 58.5 Å². The third-order valence-electron chi connectivity index (χ3n) is 5.23. The van der Waals surface area contributed by atoms with Gasteiger partial charge >= 0.3 is 6.18 Å². The first kappa shape index (κ1) is 20.6. The average Bonchev–Trinajstić information content (AvgIpc) is 3.17. The van der Waals surface area contributed by atoms with E-state index in [0.717, 1.165) is 37.0 Å². The summed E-state index contributed by atoms with van der Waals surface area (Å²) in [6, 6.07) is 11.2. The van der Waals surface area contributed by atoms with Crippen molar-refractivity contribution in [2.45, 2.75) is 12.7 Å². The van der Waals surface area contributed by atoms with E-state index >= 15 is 0 Å². The molecule has 4 rings (SSSR count). The second-order valence-electron chi connectivity index (χ2n) is 7.18. The highest BCUT2D eigenvalue weighted by Crippen LogP contribution is 2.40. The summed E-state index contributed by atoms with van der Waals surface area (Å²) >= 11 is 0.898. The van der Waals surface area contributed by atoms with Gasteiger partial charge in [-0.2, -0.15) is 13.2 Å². The lowest BCUT2D eigenvalue weighted by Crippen LogP contribution is -2.46. The quantitative estimate of drug-likeness (QED) is 0.675. The van der Waals surface area contributed by atoms with Gasteiger partial charge in [0.05, 0.1) is 21.3 Å². The number of amides is 1. The predicted molar refractivity (Wildman–Crippen MR) is 112 cm³/mol. The van der Waals surface area contributed by atoms with Crippen molar-refractivity contribution in [2.75, 3.05) is 38.1 Å². The zero-order chi connectivity index (χ0) is 21.3. The van der Waals surface area contributed by atoms with Crippen LogP contribution >= 0.6 is 11.3 Å². The van der Waals surface area contributed by atoms with E-state index in [1.165, 1.54) is 18.0 Å². The SMILES string of the molecule is CNC(=O)c1csc2c(C(F)(F)F)cc(N3CCN(Cc4ccccc4)CC3)nc12. The molecule has 0 spiro atoms. The molecule has 0 unspecified atom stereocenters. The van der Waals surface area contributed by atoms with Gasteiger partial charge in [0.1, 0.15) is 5.82 Å². The summed E-state index contributed by atoms with van der Waals surface area (Å²) in [6.07, 6.45) is -4.52. The molecule has 1 fully saturated rings. The van der Waals surface area contributed by atoms with E-state index in [1.54, 1.807) is 0 Å². The van der Waals surface area contributed by atoms with Gasteiger partial charge in [-0.25, -0.2) is 4.98 Å². The van der Waals surface area contributed by atoms with Crippen molar-refractivity contribution in [3.63, 3.8) is 0 Å². The standard InChI is InChI=1S/C21H21F3N4OS/c1-25-20(29)15-13-30-19-16(21(22,23)24)11-17(26-18(15)19)28-9-7-27(8-10-28)12-14-5-3-2-4-6-14/h2-6,11,13H,7-10,12H2,1H3,(H,25,29). The second-order valence-corrected chi connectivity index (χ2v) is 8.06. The molecule has 3 heterocycles. The molecule has 1 aliphatic heterocycles. The molecule has 2 aromatic heterocycles.